The topological polar surface area (TPSA) is 41.1 Å². The Morgan fingerprint density at radius 3 is 2.88 bits per heavy atom. The zero-order valence-electron chi connectivity index (χ0n) is 4.61. The lowest BCUT2D eigenvalue weighted by molar-refractivity contribution is 0.344. The van der Waals surface area contributed by atoms with E-state index in [2.05, 4.69) is 10.6 Å². The summed E-state index contributed by atoms with van der Waals surface area (Å²) in [5.74, 6) is 0.649. The van der Waals surface area contributed by atoms with E-state index in [0.29, 0.717) is 5.92 Å². The van der Waals surface area contributed by atoms with Crippen LogP contribution in [-0.4, -0.2) is 26.0 Å². The predicted molar refractivity (Wildman–Crippen MR) is 30.1 cm³/mol. The van der Waals surface area contributed by atoms with E-state index in [1.807, 2.05) is 0 Å². The Morgan fingerprint density at radius 1 is 1.75 bits per heavy atom. The third-order valence-corrected chi connectivity index (χ3v) is 1.33. The second kappa shape index (κ2) is 2.67. The summed E-state index contributed by atoms with van der Waals surface area (Å²) in [6, 6.07) is 0. The molecule has 1 aliphatic heterocycles. The number of rotatable bonds is 3. The standard InChI is InChI=1S/C5H9N2O/c8-4-7-3-5-1-6-2-5/h5-6H,1-3H2,(H,7,8). The first-order valence-electron chi connectivity index (χ1n) is 2.74. The summed E-state index contributed by atoms with van der Waals surface area (Å²) in [5.41, 5.74) is 0. The van der Waals surface area contributed by atoms with E-state index < -0.39 is 0 Å². The van der Waals surface area contributed by atoms with Crippen LogP contribution in [0.3, 0.4) is 0 Å². The molecule has 0 saturated carbocycles. The van der Waals surface area contributed by atoms with E-state index in [-0.39, 0.29) is 0 Å². The lowest BCUT2D eigenvalue weighted by atomic mass is 10.0. The van der Waals surface area contributed by atoms with Crippen LogP contribution in [0.1, 0.15) is 0 Å². The van der Waals surface area contributed by atoms with Crippen LogP contribution in [0.5, 0.6) is 0 Å². The minimum absolute atomic E-state index is 0.649. The minimum Gasteiger partial charge on any atom is -0.347 e. The SMILES string of the molecule is O=[C]NCC1CNC1. The summed E-state index contributed by atoms with van der Waals surface area (Å²) in [7, 11) is 0. The van der Waals surface area contributed by atoms with Gasteiger partial charge in [-0.3, -0.25) is 4.79 Å². The van der Waals surface area contributed by atoms with Crippen molar-refractivity contribution in [1.29, 1.82) is 0 Å². The molecule has 0 spiro atoms. The number of hydrogen-bond acceptors (Lipinski definition) is 2. The first kappa shape index (κ1) is 5.56. The van der Waals surface area contributed by atoms with Gasteiger partial charge in [-0.1, -0.05) is 0 Å². The number of hydrogen-bond donors (Lipinski definition) is 2. The van der Waals surface area contributed by atoms with E-state index >= 15 is 0 Å². The van der Waals surface area contributed by atoms with Gasteiger partial charge >= 0.3 is 6.41 Å². The van der Waals surface area contributed by atoms with Crippen molar-refractivity contribution in [2.24, 2.45) is 5.92 Å². The molecule has 1 amide bonds. The molecule has 0 aliphatic carbocycles. The molecule has 1 rings (SSSR count). The van der Waals surface area contributed by atoms with Gasteiger partial charge in [-0.15, -0.1) is 0 Å². The van der Waals surface area contributed by atoms with Crippen molar-refractivity contribution >= 4 is 6.41 Å². The molecule has 1 aliphatic rings. The van der Waals surface area contributed by atoms with E-state index in [1.165, 1.54) is 0 Å². The molecule has 2 N–H and O–H groups in total. The van der Waals surface area contributed by atoms with Crippen LogP contribution in [0.25, 0.3) is 0 Å². The highest BCUT2D eigenvalue weighted by Crippen LogP contribution is 1.98. The van der Waals surface area contributed by atoms with Gasteiger partial charge < -0.3 is 10.6 Å². The Hall–Kier alpha value is -0.570. The molecule has 1 heterocycles. The maximum atomic E-state index is 9.59. The highest BCUT2D eigenvalue weighted by molar-refractivity contribution is 5.46. The third-order valence-electron chi connectivity index (χ3n) is 1.33. The quantitative estimate of drug-likeness (QED) is 0.454. The van der Waals surface area contributed by atoms with Gasteiger partial charge in [0, 0.05) is 25.6 Å². The normalized spacial score (nSPS) is 19.5. The van der Waals surface area contributed by atoms with E-state index in [1.54, 1.807) is 6.41 Å². The summed E-state index contributed by atoms with van der Waals surface area (Å²) in [4.78, 5) is 9.59. The van der Waals surface area contributed by atoms with Crippen LogP contribution >= 0.6 is 0 Å². The maximum absolute atomic E-state index is 9.59. The van der Waals surface area contributed by atoms with E-state index in [9.17, 15) is 4.79 Å². The molecule has 1 fully saturated rings. The van der Waals surface area contributed by atoms with Crippen LogP contribution in [0.4, 0.5) is 0 Å². The maximum Gasteiger partial charge on any atom is 0.309 e. The molecule has 1 radical (unpaired) electrons. The second-order valence-electron chi connectivity index (χ2n) is 2.01. The van der Waals surface area contributed by atoms with Crippen LogP contribution in [0.15, 0.2) is 0 Å². The Bertz CT molecular complexity index is 80.5. The number of amides is 1. The lowest BCUT2D eigenvalue weighted by Crippen LogP contribution is -2.46. The third kappa shape index (κ3) is 1.20. The molecule has 0 unspecified atom stereocenters. The Balaban J connectivity index is 1.93. The van der Waals surface area contributed by atoms with Crippen LogP contribution < -0.4 is 10.6 Å². The zero-order valence-corrected chi connectivity index (χ0v) is 4.61. The van der Waals surface area contributed by atoms with Crippen LogP contribution in [0, 0.1) is 5.92 Å². The van der Waals surface area contributed by atoms with Gasteiger partial charge in [0.05, 0.1) is 0 Å². The fraction of sp³-hybridized carbons (Fsp3) is 0.800. The summed E-state index contributed by atoms with van der Waals surface area (Å²) >= 11 is 0. The van der Waals surface area contributed by atoms with E-state index in [0.717, 1.165) is 19.6 Å². The Labute approximate surface area is 48.5 Å². The summed E-state index contributed by atoms with van der Waals surface area (Å²) in [6.07, 6.45) is 1.64. The molecule has 1 saturated heterocycles. The second-order valence-corrected chi connectivity index (χ2v) is 2.01. The average Bonchev–Trinajstić information content (AvgIpc) is 1.63. The minimum atomic E-state index is 0.649. The van der Waals surface area contributed by atoms with Gasteiger partial charge in [0.2, 0.25) is 0 Å². The Kier molecular flexibility index (Phi) is 1.86. The summed E-state index contributed by atoms with van der Waals surface area (Å²) in [5, 5.41) is 5.60. The van der Waals surface area contributed by atoms with Gasteiger partial charge in [0.25, 0.3) is 0 Å². The monoisotopic (exact) mass is 113 g/mol. The first-order chi connectivity index (χ1) is 3.93. The molecule has 0 aromatic rings. The fourth-order valence-electron chi connectivity index (χ4n) is 0.679. The molecular formula is C5H9N2O. The van der Waals surface area contributed by atoms with Crippen molar-refractivity contribution < 1.29 is 4.79 Å². The lowest BCUT2D eigenvalue weighted by Gasteiger charge is -2.25. The molecule has 3 nitrogen and oxygen atoms in total. The van der Waals surface area contributed by atoms with Gasteiger partial charge in [-0.2, -0.15) is 0 Å². The van der Waals surface area contributed by atoms with Gasteiger partial charge in [0.15, 0.2) is 0 Å². The molecule has 0 aromatic carbocycles. The zero-order chi connectivity index (χ0) is 5.82. The van der Waals surface area contributed by atoms with Crippen molar-refractivity contribution in [3.05, 3.63) is 0 Å². The van der Waals surface area contributed by atoms with Crippen molar-refractivity contribution in [3.63, 3.8) is 0 Å². The molecule has 8 heavy (non-hydrogen) atoms. The summed E-state index contributed by atoms with van der Waals surface area (Å²) in [6.45, 7) is 2.85. The van der Waals surface area contributed by atoms with Crippen LogP contribution in [0.2, 0.25) is 0 Å². The van der Waals surface area contributed by atoms with Gasteiger partial charge in [0.1, 0.15) is 0 Å². The summed E-state index contributed by atoms with van der Waals surface area (Å²) < 4.78 is 0. The number of nitrogens with one attached hydrogen (secondary N) is 2. The Morgan fingerprint density at radius 2 is 2.50 bits per heavy atom. The molecule has 45 valence electrons. The molecule has 0 atom stereocenters. The predicted octanol–water partition coefficient (Wildman–Crippen LogP) is -1.14. The van der Waals surface area contributed by atoms with Gasteiger partial charge in [-0.05, 0) is 0 Å². The highest BCUT2D eigenvalue weighted by Gasteiger charge is 2.14. The van der Waals surface area contributed by atoms with Crippen molar-refractivity contribution in [2.45, 2.75) is 0 Å². The smallest absolute Gasteiger partial charge is 0.309 e. The van der Waals surface area contributed by atoms with Crippen molar-refractivity contribution in [1.82, 2.24) is 10.6 Å². The van der Waals surface area contributed by atoms with E-state index in [4.69, 9.17) is 0 Å². The van der Waals surface area contributed by atoms with Gasteiger partial charge in [-0.25, -0.2) is 0 Å². The molecular weight excluding hydrogens is 104 g/mol. The first-order valence-corrected chi connectivity index (χ1v) is 2.74. The van der Waals surface area contributed by atoms with Crippen molar-refractivity contribution in [3.8, 4) is 0 Å². The van der Waals surface area contributed by atoms with Crippen molar-refractivity contribution in [2.75, 3.05) is 19.6 Å². The number of carbonyl (C=O) groups excluding carboxylic acids is 1. The average molecular weight is 113 g/mol. The fourth-order valence-corrected chi connectivity index (χ4v) is 0.679. The largest absolute Gasteiger partial charge is 0.347 e. The van der Waals surface area contributed by atoms with Crippen LogP contribution in [-0.2, 0) is 4.79 Å². The molecule has 0 bridgehead atoms. The highest BCUT2D eigenvalue weighted by atomic mass is 16.1. The molecule has 3 heteroatoms. The molecule has 0 aromatic heterocycles.